The smallest absolute Gasteiger partial charge is 0.410 e. The molecular weight excluding hydrogens is 562 g/mol. The summed E-state index contributed by atoms with van der Waals surface area (Å²) in [4.78, 5) is 27.6. The van der Waals surface area contributed by atoms with Crippen LogP contribution in [0.2, 0.25) is 0 Å². The molecule has 1 aliphatic rings. The second kappa shape index (κ2) is 12.5. The van der Waals surface area contributed by atoms with Crippen LogP contribution in [-0.4, -0.2) is 50.6 Å². The number of hydrogen-bond acceptors (Lipinski definition) is 5. The highest BCUT2D eigenvalue weighted by Crippen LogP contribution is 2.37. The van der Waals surface area contributed by atoms with Crippen molar-refractivity contribution in [2.24, 2.45) is 5.92 Å². The van der Waals surface area contributed by atoms with Gasteiger partial charge in [0.2, 0.25) is 0 Å². The van der Waals surface area contributed by atoms with Gasteiger partial charge in [-0.25, -0.2) is 13.2 Å². The van der Waals surface area contributed by atoms with Crippen LogP contribution in [0.4, 0.5) is 16.2 Å². The summed E-state index contributed by atoms with van der Waals surface area (Å²) in [6.45, 7) is 8.21. The molecule has 224 valence electrons. The average Bonchev–Trinajstić information content (AvgIpc) is 2.98. The molecule has 9 heteroatoms. The van der Waals surface area contributed by atoms with Crippen molar-refractivity contribution in [3.8, 4) is 0 Å². The minimum Gasteiger partial charge on any atom is -0.447 e. The molecule has 8 nitrogen and oxygen atoms in total. The maximum absolute atomic E-state index is 14.7. The van der Waals surface area contributed by atoms with E-state index in [1.807, 2.05) is 76.2 Å². The lowest BCUT2D eigenvalue weighted by Gasteiger charge is -2.42. The van der Waals surface area contributed by atoms with Crippen LogP contribution in [0.5, 0.6) is 0 Å². The molecule has 0 aliphatic carbocycles. The van der Waals surface area contributed by atoms with E-state index in [9.17, 15) is 18.0 Å². The molecule has 0 saturated carbocycles. The number of amides is 2. The van der Waals surface area contributed by atoms with E-state index >= 15 is 0 Å². The van der Waals surface area contributed by atoms with Crippen LogP contribution in [0.15, 0.2) is 95.9 Å². The highest BCUT2D eigenvalue weighted by Gasteiger charge is 2.40. The van der Waals surface area contributed by atoms with Gasteiger partial charge in [0, 0.05) is 35.1 Å². The van der Waals surface area contributed by atoms with E-state index in [4.69, 9.17) is 4.74 Å². The van der Waals surface area contributed by atoms with Gasteiger partial charge in [0.25, 0.3) is 15.9 Å². The zero-order valence-corrected chi connectivity index (χ0v) is 25.7. The lowest BCUT2D eigenvalue weighted by molar-refractivity contribution is 0.0614. The van der Waals surface area contributed by atoms with Crippen molar-refractivity contribution >= 4 is 44.2 Å². The summed E-state index contributed by atoms with van der Waals surface area (Å²) in [6.07, 6.45) is -0.173. The van der Waals surface area contributed by atoms with Gasteiger partial charge in [-0.05, 0) is 69.0 Å². The van der Waals surface area contributed by atoms with Crippen molar-refractivity contribution in [2.45, 2.75) is 51.2 Å². The number of benzene rings is 4. The number of carbonyl (C=O) groups excluding carboxylic acids is 2. The SMILES string of the molecule is Cc1ccccc1C(=O)Nc1ccc(S(=O)(=O)N(c2ccccc2)[C@H]2CCN(C(=O)OC(C)C)C[C@@H]2C)c2ccccc12. The molecule has 1 N–H and O–H groups in total. The van der Waals surface area contributed by atoms with E-state index < -0.39 is 16.1 Å². The largest absolute Gasteiger partial charge is 0.447 e. The first-order valence-corrected chi connectivity index (χ1v) is 16.0. The Labute approximate surface area is 253 Å². The van der Waals surface area contributed by atoms with Crippen LogP contribution in [0.1, 0.15) is 43.1 Å². The van der Waals surface area contributed by atoms with Crippen LogP contribution < -0.4 is 9.62 Å². The second-order valence-electron chi connectivity index (χ2n) is 11.3. The van der Waals surface area contributed by atoms with Crippen LogP contribution in [-0.2, 0) is 14.8 Å². The zero-order chi connectivity index (χ0) is 30.7. The molecule has 1 saturated heterocycles. The van der Waals surface area contributed by atoms with Crippen molar-refractivity contribution in [1.82, 2.24) is 4.90 Å². The topological polar surface area (TPSA) is 96.0 Å². The Balaban J connectivity index is 1.53. The number of rotatable bonds is 7. The quantitative estimate of drug-likeness (QED) is 0.251. The van der Waals surface area contributed by atoms with E-state index in [2.05, 4.69) is 5.32 Å². The normalized spacial score (nSPS) is 17.1. The van der Waals surface area contributed by atoms with Crippen molar-refractivity contribution in [3.05, 3.63) is 102 Å². The van der Waals surface area contributed by atoms with Crippen molar-refractivity contribution in [2.75, 3.05) is 22.7 Å². The molecule has 0 bridgehead atoms. The van der Waals surface area contributed by atoms with Gasteiger partial charge < -0.3 is 15.0 Å². The van der Waals surface area contributed by atoms with Gasteiger partial charge in [0.05, 0.1) is 22.7 Å². The number of aryl methyl sites for hydroxylation is 1. The summed E-state index contributed by atoms with van der Waals surface area (Å²) >= 11 is 0. The number of carbonyl (C=O) groups is 2. The van der Waals surface area contributed by atoms with Crippen LogP contribution in [0, 0.1) is 12.8 Å². The van der Waals surface area contributed by atoms with Gasteiger partial charge in [0.15, 0.2) is 0 Å². The van der Waals surface area contributed by atoms with Crippen molar-refractivity contribution in [1.29, 1.82) is 0 Å². The highest BCUT2D eigenvalue weighted by molar-refractivity contribution is 7.93. The summed E-state index contributed by atoms with van der Waals surface area (Å²) in [6, 6.07) is 26.4. The molecule has 0 radical (unpaired) electrons. The maximum Gasteiger partial charge on any atom is 0.410 e. The third-order valence-electron chi connectivity index (χ3n) is 7.83. The Morgan fingerprint density at radius 3 is 2.23 bits per heavy atom. The molecule has 0 unspecified atom stereocenters. The summed E-state index contributed by atoms with van der Waals surface area (Å²) in [5.74, 6) is -0.427. The first-order valence-electron chi connectivity index (χ1n) is 14.5. The fourth-order valence-corrected chi connectivity index (χ4v) is 7.71. The lowest BCUT2D eigenvalue weighted by atomic mass is 9.93. The Morgan fingerprint density at radius 1 is 0.907 bits per heavy atom. The lowest BCUT2D eigenvalue weighted by Crippen LogP contribution is -2.53. The maximum atomic E-state index is 14.7. The van der Waals surface area contributed by atoms with Gasteiger partial charge in [-0.1, -0.05) is 67.6 Å². The number of ether oxygens (including phenoxy) is 1. The standard InChI is InChI=1S/C34H37N3O5S/c1-23(2)42-34(39)36-21-20-31(25(4)22-36)37(26-13-6-5-7-14-26)43(40,41)32-19-18-30(28-16-10-11-17-29(28)32)35-33(38)27-15-9-8-12-24(27)3/h5-19,23,25,31H,20-22H2,1-4H3,(H,35,38)/t25-,31-/m0/s1. The van der Waals surface area contributed by atoms with E-state index in [0.29, 0.717) is 47.2 Å². The molecule has 43 heavy (non-hydrogen) atoms. The zero-order valence-electron chi connectivity index (χ0n) is 24.9. The Hall–Kier alpha value is -4.37. The number of para-hydroxylation sites is 1. The number of likely N-dealkylation sites (tertiary alicyclic amines) is 1. The minimum absolute atomic E-state index is 0.148. The molecule has 2 atom stereocenters. The predicted molar refractivity (Wildman–Crippen MR) is 170 cm³/mol. The Kier molecular flexibility index (Phi) is 8.73. The monoisotopic (exact) mass is 599 g/mol. The number of hydrogen-bond donors (Lipinski definition) is 1. The van der Waals surface area contributed by atoms with Gasteiger partial charge in [-0.2, -0.15) is 0 Å². The molecule has 5 rings (SSSR count). The molecule has 4 aromatic carbocycles. The molecule has 4 aromatic rings. The number of anilines is 2. The summed E-state index contributed by atoms with van der Waals surface area (Å²) in [7, 11) is -4.09. The van der Waals surface area contributed by atoms with Crippen molar-refractivity contribution in [3.63, 3.8) is 0 Å². The fourth-order valence-electron chi connectivity index (χ4n) is 5.74. The molecule has 2 amide bonds. The van der Waals surface area contributed by atoms with E-state index in [0.717, 1.165) is 5.56 Å². The van der Waals surface area contributed by atoms with E-state index in [-0.39, 0.29) is 28.9 Å². The van der Waals surface area contributed by atoms with Crippen LogP contribution in [0.3, 0.4) is 0 Å². The molecule has 0 aromatic heterocycles. The first kappa shape index (κ1) is 30.1. The summed E-state index contributed by atoms with van der Waals surface area (Å²) in [5, 5.41) is 4.12. The minimum atomic E-state index is -4.09. The number of piperidine rings is 1. The highest BCUT2D eigenvalue weighted by atomic mass is 32.2. The summed E-state index contributed by atoms with van der Waals surface area (Å²) < 4.78 is 36.3. The van der Waals surface area contributed by atoms with Gasteiger partial charge in [0.1, 0.15) is 0 Å². The second-order valence-corrected chi connectivity index (χ2v) is 13.1. The third kappa shape index (κ3) is 6.22. The number of nitrogens with zero attached hydrogens (tertiary/aromatic N) is 2. The molecule has 1 fully saturated rings. The Morgan fingerprint density at radius 2 is 1.56 bits per heavy atom. The summed E-state index contributed by atoms with van der Waals surface area (Å²) in [5.41, 5.74) is 2.48. The van der Waals surface area contributed by atoms with Crippen LogP contribution >= 0.6 is 0 Å². The van der Waals surface area contributed by atoms with Crippen LogP contribution in [0.25, 0.3) is 10.8 Å². The average molecular weight is 600 g/mol. The predicted octanol–water partition coefficient (Wildman–Crippen LogP) is 6.85. The van der Waals surface area contributed by atoms with Gasteiger partial charge >= 0.3 is 6.09 Å². The van der Waals surface area contributed by atoms with Gasteiger partial charge in [-0.3, -0.25) is 9.10 Å². The molecule has 1 aliphatic heterocycles. The third-order valence-corrected chi connectivity index (χ3v) is 9.74. The molecule has 0 spiro atoms. The first-order chi connectivity index (χ1) is 20.6. The van der Waals surface area contributed by atoms with E-state index in [1.165, 1.54) is 4.31 Å². The number of nitrogens with one attached hydrogen (secondary N) is 1. The molecular formula is C34H37N3O5S. The number of sulfonamides is 1. The van der Waals surface area contributed by atoms with E-state index in [1.54, 1.807) is 47.4 Å². The number of fused-ring (bicyclic) bond motifs is 1. The fraction of sp³-hybridized carbons (Fsp3) is 0.294. The Bertz CT molecular complexity index is 1740. The van der Waals surface area contributed by atoms with Gasteiger partial charge in [-0.15, -0.1) is 0 Å². The molecule has 1 heterocycles. The van der Waals surface area contributed by atoms with Crippen molar-refractivity contribution < 1.29 is 22.7 Å².